The molecule has 1 amide bonds. The van der Waals surface area contributed by atoms with Crippen LogP contribution in [0.3, 0.4) is 0 Å². The number of anilines is 2. The number of para-hydroxylation sites is 1. The number of hydrogen-bond acceptors (Lipinski definition) is 7. The molecule has 0 atom stereocenters. The van der Waals surface area contributed by atoms with Crippen LogP contribution in [0, 0.1) is 0 Å². The molecule has 1 aliphatic carbocycles. The molecule has 9 nitrogen and oxygen atoms in total. The van der Waals surface area contributed by atoms with E-state index in [0.29, 0.717) is 22.4 Å². The van der Waals surface area contributed by atoms with Crippen LogP contribution in [0.5, 0.6) is 0 Å². The van der Waals surface area contributed by atoms with Crippen LogP contribution in [0.2, 0.25) is 0 Å². The van der Waals surface area contributed by atoms with Crippen LogP contribution in [0.25, 0.3) is 21.7 Å². The van der Waals surface area contributed by atoms with Crippen molar-refractivity contribution >= 4 is 39.3 Å². The average molecular weight is 472 g/mol. The van der Waals surface area contributed by atoms with Crippen LogP contribution in [-0.4, -0.2) is 52.3 Å². The number of fused-ring (bicyclic) bond motifs is 2. The van der Waals surface area contributed by atoms with Gasteiger partial charge in [-0.2, -0.15) is 10.1 Å². The molecule has 0 radical (unpaired) electrons. The molecule has 9 heteroatoms. The minimum atomic E-state index is -0.247. The Morgan fingerprint density at radius 2 is 1.60 bits per heavy atom. The second kappa shape index (κ2) is 9.69. The Morgan fingerprint density at radius 1 is 0.943 bits per heavy atom. The number of rotatable bonds is 6. The van der Waals surface area contributed by atoms with E-state index in [1.54, 1.807) is 12.1 Å². The fourth-order valence-electron chi connectivity index (χ4n) is 4.77. The standard InChI is InChI=1S/C26H29N7O2/c1-33(2)24-20-9-5-6-10-21(20)29-26(30-24)28-17-13-11-16(12-14-17)27-23(34)15-22-18-7-3-4-8-19(18)25(35)32-31-22/h3-10,16-17H,11-15H2,1-2H3,(H,27,34)(H,32,35)(H,28,29,30). The number of carbonyl (C=O) groups excluding carboxylic acids is 1. The van der Waals surface area contributed by atoms with Gasteiger partial charge in [0.15, 0.2) is 0 Å². The molecular formula is C26H29N7O2. The number of nitrogens with zero attached hydrogens (tertiary/aromatic N) is 4. The monoisotopic (exact) mass is 471 g/mol. The molecule has 1 fully saturated rings. The van der Waals surface area contributed by atoms with Crippen molar-refractivity contribution < 1.29 is 4.79 Å². The Bertz CT molecular complexity index is 1420. The normalized spacial score (nSPS) is 17.9. The van der Waals surface area contributed by atoms with Crippen molar-refractivity contribution in [3.8, 4) is 0 Å². The van der Waals surface area contributed by atoms with Crippen molar-refractivity contribution in [2.24, 2.45) is 0 Å². The minimum Gasteiger partial charge on any atom is -0.362 e. The predicted molar refractivity (Wildman–Crippen MR) is 138 cm³/mol. The largest absolute Gasteiger partial charge is 0.362 e. The lowest BCUT2D eigenvalue weighted by Gasteiger charge is -2.30. The van der Waals surface area contributed by atoms with Gasteiger partial charge >= 0.3 is 0 Å². The van der Waals surface area contributed by atoms with Gasteiger partial charge in [0.1, 0.15) is 5.82 Å². The van der Waals surface area contributed by atoms with Crippen molar-refractivity contribution in [3.63, 3.8) is 0 Å². The summed E-state index contributed by atoms with van der Waals surface area (Å²) in [5, 5.41) is 15.5. The number of amides is 1. The fraction of sp³-hybridized carbons (Fsp3) is 0.346. The Morgan fingerprint density at radius 3 is 2.34 bits per heavy atom. The summed E-state index contributed by atoms with van der Waals surface area (Å²) in [6.07, 6.45) is 3.71. The van der Waals surface area contributed by atoms with E-state index in [-0.39, 0.29) is 30.0 Å². The lowest BCUT2D eigenvalue weighted by molar-refractivity contribution is -0.121. The average Bonchev–Trinajstić information content (AvgIpc) is 2.86. The van der Waals surface area contributed by atoms with Crippen molar-refractivity contribution in [3.05, 3.63) is 64.6 Å². The van der Waals surface area contributed by atoms with Gasteiger partial charge in [-0.15, -0.1) is 0 Å². The highest BCUT2D eigenvalue weighted by molar-refractivity contribution is 5.90. The number of benzene rings is 2. The van der Waals surface area contributed by atoms with Crippen molar-refractivity contribution in [1.29, 1.82) is 0 Å². The van der Waals surface area contributed by atoms with Gasteiger partial charge in [-0.05, 0) is 43.9 Å². The van der Waals surface area contributed by atoms with Crippen LogP contribution < -0.4 is 21.1 Å². The van der Waals surface area contributed by atoms with E-state index in [9.17, 15) is 9.59 Å². The molecule has 0 aliphatic heterocycles. The summed E-state index contributed by atoms with van der Waals surface area (Å²) >= 11 is 0. The van der Waals surface area contributed by atoms with Gasteiger partial charge < -0.3 is 15.5 Å². The number of aromatic nitrogens is 4. The SMILES string of the molecule is CN(C)c1nc(NC2CCC(NC(=O)Cc3n[nH]c(=O)c4ccccc34)CC2)nc2ccccc12. The number of nitrogens with one attached hydrogen (secondary N) is 3. The topological polar surface area (TPSA) is 116 Å². The molecule has 0 saturated heterocycles. The molecular weight excluding hydrogens is 442 g/mol. The maximum absolute atomic E-state index is 12.7. The second-order valence-corrected chi connectivity index (χ2v) is 9.26. The molecule has 2 aromatic heterocycles. The third-order valence-corrected chi connectivity index (χ3v) is 6.54. The van der Waals surface area contributed by atoms with Crippen LogP contribution in [0.1, 0.15) is 31.4 Å². The zero-order valence-corrected chi connectivity index (χ0v) is 19.9. The Kier molecular flexibility index (Phi) is 6.31. The molecule has 0 bridgehead atoms. The highest BCUT2D eigenvalue weighted by Gasteiger charge is 2.24. The molecule has 4 aromatic rings. The number of hydrogen-bond donors (Lipinski definition) is 3. The highest BCUT2D eigenvalue weighted by Crippen LogP contribution is 2.26. The molecule has 2 heterocycles. The van der Waals surface area contributed by atoms with Crippen LogP contribution >= 0.6 is 0 Å². The maximum atomic E-state index is 12.7. The molecule has 35 heavy (non-hydrogen) atoms. The smallest absolute Gasteiger partial charge is 0.272 e. The molecule has 1 saturated carbocycles. The number of aromatic amines is 1. The van der Waals surface area contributed by atoms with E-state index in [1.165, 1.54) is 0 Å². The molecule has 2 aromatic carbocycles. The van der Waals surface area contributed by atoms with E-state index in [1.807, 2.05) is 55.4 Å². The zero-order chi connectivity index (χ0) is 24.4. The highest BCUT2D eigenvalue weighted by atomic mass is 16.1. The Labute approximate surface area is 203 Å². The van der Waals surface area contributed by atoms with Crippen LogP contribution in [-0.2, 0) is 11.2 Å². The van der Waals surface area contributed by atoms with E-state index in [0.717, 1.165) is 42.4 Å². The fourth-order valence-corrected chi connectivity index (χ4v) is 4.77. The summed E-state index contributed by atoms with van der Waals surface area (Å²) in [6.45, 7) is 0. The third kappa shape index (κ3) is 4.94. The predicted octanol–water partition coefficient (Wildman–Crippen LogP) is 3.01. The summed E-state index contributed by atoms with van der Waals surface area (Å²) in [7, 11) is 3.97. The first kappa shape index (κ1) is 22.8. The summed E-state index contributed by atoms with van der Waals surface area (Å²) in [4.78, 5) is 36.2. The first-order valence-electron chi connectivity index (χ1n) is 11.9. The minimum absolute atomic E-state index is 0.0837. The van der Waals surface area contributed by atoms with Gasteiger partial charge in [-0.3, -0.25) is 9.59 Å². The molecule has 1 aliphatic rings. The Hall–Kier alpha value is -4.01. The first-order chi connectivity index (χ1) is 17.0. The second-order valence-electron chi connectivity index (χ2n) is 9.26. The summed E-state index contributed by atoms with van der Waals surface area (Å²) in [6, 6.07) is 15.6. The maximum Gasteiger partial charge on any atom is 0.272 e. The quantitative estimate of drug-likeness (QED) is 0.396. The third-order valence-electron chi connectivity index (χ3n) is 6.54. The lowest BCUT2D eigenvalue weighted by atomic mass is 9.91. The van der Waals surface area contributed by atoms with Crippen molar-refractivity contribution in [1.82, 2.24) is 25.5 Å². The van der Waals surface area contributed by atoms with Gasteiger partial charge in [-0.1, -0.05) is 30.3 Å². The van der Waals surface area contributed by atoms with Crippen molar-refractivity contribution in [2.45, 2.75) is 44.2 Å². The van der Waals surface area contributed by atoms with Gasteiger partial charge in [-0.25, -0.2) is 10.1 Å². The first-order valence-corrected chi connectivity index (χ1v) is 11.9. The Balaban J connectivity index is 1.19. The zero-order valence-electron chi connectivity index (χ0n) is 19.9. The van der Waals surface area contributed by atoms with Gasteiger partial charge in [0.25, 0.3) is 5.56 Å². The number of H-pyrrole nitrogens is 1. The van der Waals surface area contributed by atoms with E-state index >= 15 is 0 Å². The van der Waals surface area contributed by atoms with Crippen LogP contribution in [0.15, 0.2) is 53.3 Å². The van der Waals surface area contributed by atoms with Crippen molar-refractivity contribution in [2.75, 3.05) is 24.3 Å². The molecule has 0 spiro atoms. The van der Waals surface area contributed by atoms with E-state index in [2.05, 4.69) is 20.8 Å². The van der Waals surface area contributed by atoms with E-state index < -0.39 is 0 Å². The molecule has 5 rings (SSSR count). The van der Waals surface area contributed by atoms with Gasteiger partial charge in [0.05, 0.1) is 23.0 Å². The van der Waals surface area contributed by atoms with Gasteiger partial charge in [0, 0.05) is 37.0 Å². The summed E-state index contributed by atoms with van der Waals surface area (Å²) in [5.41, 5.74) is 1.25. The number of carbonyl (C=O) groups is 1. The molecule has 3 N–H and O–H groups in total. The van der Waals surface area contributed by atoms with Crippen LogP contribution in [0.4, 0.5) is 11.8 Å². The lowest BCUT2D eigenvalue weighted by Crippen LogP contribution is -2.41. The summed E-state index contributed by atoms with van der Waals surface area (Å²) < 4.78 is 0. The summed E-state index contributed by atoms with van der Waals surface area (Å²) in [5.74, 6) is 1.44. The van der Waals surface area contributed by atoms with Gasteiger partial charge in [0.2, 0.25) is 11.9 Å². The van der Waals surface area contributed by atoms with E-state index in [4.69, 9.17) is 9.97 Å². The molecule has 0 unspecified atom stereocenters. The molecule has 180 valence electrons.